The third-order valence-electron chi connectivity index (χ3n) is 6.03. The molecule has 8 heteroatoms. The van der Waals surface area contributed by atoms with E-state index in [0.29, 0.717) is 27.8 Å². The molecule has 0 bridgehead atoms. The molecule has 0 spiro atoms. The molecule has 2 aromatic rings. The van der Waals surface area contributed by atoms with Crippen molar-refractivity contribution < 1.29 is 23.1 Å². The van der Waals surface area contributed by atoms with Crippen molar-refractivity contribution in [3.8, 4) is 0 Å². The van der Waals surface area contributed by atoms with Crippen LogP contribution in [0.2, 0.25) is 10.0 Å². The Morgan fingerprint density at radius 1 is 0.875 bits per heavy atom. The molecule has 0 aromatic heterocycles. The number of ether oxygens (including phenoxy) is 1. The summed E-state index contributed by atoms with van der Waals surface area (Å²) < 4.78 is 33.4. The minimum atomic E-state index is -1.40. The Bertz CT molecular complexity index is 954. The zero-order chi connectivity index (χ0) is 23.5. The van der Waals surface area contributed by atoms with Crippen molar-refractivity contribution in [3.05, 3.63) is 69.7 Å². The number of amides is 1. The van der Waals surface area contributed by atoms with Crippen LogP contribution in [0.1, 0.15) is 43.7 Å². The number of carbonyl (C=O) groups excluding carboxylic acids is 2. The first-order valence-corrected chi connectivity index (χ1v) is 11.2. The van der Waals surface area contributed by atoms with Crippen LogP contribution >= 0.6 is 23.2 Å². The molecule has 0 atom stereocenters. The maximum atomic E-state index is 14.4. The van der Waals surface area contributed by atoms with Crippen molar-refractivity contribution >= 4 is 35.1 Å². The third kappa shape index (κ3) is 5.41. The highest BCUT2D eigenvalue weighted by molar-refractivity contribution is 6.30. The van der Waals surface area contributed by atoms with Crippen LogP contribution in [0, 0.1) is 11.8 Å². The minimum Gasteiger partial charge on any atom is -0.466 e. The van der Waals surface area contributed by atoms with Gasteiger partial charge in [-0.2, -0.15) is 0 Å². The number of rotatable bonds is 5. The Kier molecular flexibility index (Phi) is 7.46. The van der Waals surface area contributed by atoms with E-state index in [1.165, 1.54) is 0 Å². The van der Waals surface area contributed by atoms with Crippen LogP contribution in [-0.4, -0.2) is 18.5 Å². The van der Waals surface area contributed by atoms with Gasteiger partial charge in [-0.3, -0.25) is 9.59 Å². The third-order valence-corrected chi connectivity index (χ3v) is 6.53. The number of halogens is 4. The monoisotopic (exact) mass is 483 g/mol. The van der Waals surface area contributed by atoms with Gasteiger partial charge >= 0.3 is 5.97 Å². The first-order valence-electron chi connectivity index (χ1n) is 10.4. The summed E-state index contributed by atoms with van der Waals surface area (Å²) in [4.78, 5) is 22.2. The Labute approximate surface area is 196 Å². The van der Waals surface area contributed by atoms with Gasteiger partial charge in [-0.25, -0.2) is 8.78 Å². The fourth-order valence-corrected chi connectivity index (χ4v) is 4.29. The predicted octanol–water partition coefficient (Wildman–Crippen LogP) is 5.88. The summed E-state index contributed by atoms with van der Waals surface area (Å²) in [6.07, 6.45) is 0.773. The normalized spacial score (nSPS) is 28.4. The van der Waals surface area contributed by atoms with Crippen molar-refractivity contribution in [1.29, 1.82) is 0 Å². The molecule has 4 rings (SSSR count). The van der Waals surface area contributed by atoms with Gasteiger partial charge in [0, 0.05) is 16.0 Å². The summed E-state index contributed by atoms with van der Waals surface area (Å²) in [5.74, 6) is -1.35. The lowest BCUT2D eigenvalue weighted by molar-refractivity contribution is -0.158. The second-order valence-electron chi connectivity index (χ2n) is 8.31. The molecule has 2 aromatic carbocycles. The molecule has 0 heterocycles. The molecule has 2 saturated carbocycles. The Balaban J connectivity index is 0.000000182. The van der Waals surface area contributed by atoms with Crippen LogP contribution in [0.5, 0.6) is 0 Å². The maximum Gasteiger partial charge on any atom is 0.309 e. The topological polar surface area (TPSA) is 69.4 Å². The SMILES string of the molecule is CCOC(=O)C1CC(F)(c2ccc(Cl)cc2)C1.NC(=O)C1CC(F)(c2ccc(Cl)cc2)C1. The van der Waals surface area contributed by atoms with Gasteiger partial charge in [-0.05, 0) is 68.0 Å². The van der Waals surface area contributed by atoms with Gasteiger partial charge in [0.25, 0.3) is 0 Å². The Morgan fingerprint density at radius 3 is 1.59 bits per heavy atom. The number of primary amides is 1. The number of hydrogen-bond acceptors (Lipinski definition) is 3. The van der Waals surface area contributed by atoms with Crippen LogP contribution in [0.4, 0.5) is 8.78 Å². The summed E-state index contributed by atoms with van der Waals surface area (Å²) in [7, 11) is 0. The summed E-state index contributed by atoms with van der Waals surface area (Å²) >= 11 is 11.5. The number of alkyl halides is 2. The first kappa shape index (κ1) is 24.5. The lowest BCUT2D eigenvalue weighted by atomic mass is 9.68. The van der Waals surface area contributed by atoms with E-state index in [2.05, 4.69) is 0 Å². The van der Waals surface area contributed by atoms with E-state index in [1.54, 1.807) is 55.5 Å². The lowest BCUT2D eigenvalue weighted by Crippen LogP contribution is -2.43. The van der Waals surface area contributed by atoms with E-state index in [4.69, 9.17) is 33.7 Å². The number of esters is 1. The summed E-state index contributed by atoms with van der Waals surface area (Å²) in [6.45, 7) is 2.09. The van der Waals surface area contributed by atoms with Gasteiger partial charge in [0.1, 0.15) is 11.3 Å². The summed E-state index contributed by atoms with van der Waals surface area (Å²) in [5.41, 5.74) is 3.45. The second kappa shape index (κ2) is 9.75. The predicted molar refractivity (Wildman–Crippen MR) is 120 cm³/mol. The molecular formula is C24H25Cl2F2NO3. The molecule has 172 valence electrons. The molecule has 0 radical (unpaired) electrons. The van der Waals surface area contributed by atoms with Crippen molar-refractivity contribution in [1.82, 2.24) is 0 Å². The highest BCUT2D eigenvalue weighted by Crippen LogP contribution is 2.50. The van der Waals surface area contributed by atoms with E-state index in [9.17, 15) is 18.4 Å². The average Bonchev–Trinajstić information content (AvgIpc) is 2.70. The smallest absolute Gasteiger partial charge is 0.309 e. The van der Waals surface area contributed by atoms with E-state index in [-0.39, 0.29) is 43.5 Å². The molecule has 2 aliphatic carbocycles. The first-order chi connectivity index (χ1) is 15.1. The van der Waals surface area contributed by atoms with E-state index in [1.807, 2.05) is 0 Å². The van der Waals surface area contributed by atoms with E-state index >= 15 is 0 Å². The van der Waals surface area contributed by atoms with Gasteiger partial charge in [-0.1, -0.05) is 47.5 Å². The lowest BCUT2D eigenvalue weighted by Gasteiger charge is -2.40. The Hall–Kier alpha value is -2.18. The van der Waals surface area contributed by atoms with Gasteiger partial charge in [0.05, 0.1) is 12.5 Å². The number of carbonyl (C=O) groups is 2. The van der Waals surface area contributed by atoms with Crippen LogP contribution in [0.25, 0.3) is 0 Å². The summed E-state index contributed by atoms with van der Waals surface area (Å²) in [5, 5.41) is 1.16. The minimum absolute atomic E-state index is 0.184. The Morgan fingerprint density at radius 2 is 1.25 bits per heavy atom. The molecule has 0 aliphatic heterocycles. The second-order valence-corrected chi connectivity index (χ2v) is 9.18. The number of benzene rings is 2. The van der Waals surface area contributed by atoms with Crippen LogP contribution in [0.3, 0.4) is 0 Å². The van der Waals surface area contributed by atoms with Crippen molar-refractivity contribution in [3.63, 3.8) is 0 Å². The average molecular weight is 484 g/mol. The number of hydrogen-bond donors (Lipinski definition) is 1. The van der Waals surface area contributed by atoms with Crippen molar-refractivity contribution in [2.24, 2.45) is 17.6 Å². The van der Waals surface area contributed by atoms with Crippen molar-refractivity contribution in [2.75, 3.05) is 6.61 Å². The van der Waals surface area contributed by atoms with Gasteiger partial charge in [-0.15, -0.1) is 0 Å². The molecule has 2 fully saturated rings. The van der Waals surface area contributed by atoms with Crippen LogP contribution in [0.15, 0.2) is 48.5 Å². The standard InChI is InChI=1S/C13H14ClFO2.C11H11ClFNO/c1-2-17-12(16)9-7-13(15,8-9)10-3-5-11(14)6-4-10;12-9-3-1-8(2-4-9)11(13)5-7(6-11)10(14)15/h3-6,9H,2,7-8H2,1H3;1-4,7H,5-6H2,(H2,14,15). The zero-order valence-electron chi connectivity index (χ0n) is 17.6. The highest BCUT2D eigenvalue weighted by atomic mass is 35.5. The van der Waals surface area contributed by atoms with E-state index in [0.717, 1.165) is 0 Å². The van der Waals surface area contributed by atoms with Crippen LogP contribution in [-0.2, 0) is 25.7 Å². The fourth-order valence-electron chi connectivity index (χ4n) is 4.04. The molecule has 1 amide bonds. The van der Waals surface area contributed by atoms with Gasteiger partial charge in [0.2, 0.25) is 5.91 Å². The zero-order valence-corrected chi connectivity index (χ0v) is 19.1. The highest BCUT2D eigenvalue weighted by Gasteiger charge is 2.50. The van der Waals surface area contributed by atoms with Crippen LogP contribution < -0.4 is 5.73 Å². The molecule has 0 saturated heterocycles. The largest absolute Gasteiger partial charge is 0.466 e. The molecular weight excluding hydrogens is 459 g/mol. The number of nitrogens with two attached hydrogens (primary N) is 1. The van der Waals surface area contributed by atoms with Crippen molar-refractivity contribution in [2.45, 2.75) is 43.9 Å². The van der Waals surface area contributed by atoms with Gasteiger partial charge < -0.3 is 10.5 Å². The van der Waals surface area contributed by atoms with Gasteiger partial charge in [0.15, 0.2) is 0 Å². The summed E-state index contributed by atoms with van der Waals surface area (Å²) in [6, 6.07) is 13.3. The quantitative estimate of drug-likeness (QED) is 0.539. The molecule has 32 heavy (non-hydrogen) atoms. The molecule has 4 nitrogen and oxygen atoms in total. The fraction of sp³-hybridized carbons (Fsp3) is 0.417. The van der Waals surface area contributed by atoms with E-state index < -0.39 is 17.2 Å². The molecule has 0 unspecified atom stereocenters. The molecule has 2 aliphatic rings. The molecule has 2 N–H and O–H groups in total. The maximum absolute atomic E-state index is 14.4.